The second kappa shape index (κ2) is 8.27. The first kappa shape index (κ1) is 18.0. The van der Waals surface area contributed by atoms with Gasteiger partial charge in [0.15, 0.2) is 0 Å². The van der Waals surface area contributed by atoms with Gasteiger partial charge in [-0.2, -0.15) is 8.42 Å². The minimum Gasteiger partial charge on any atom is -0.395 e. The predicted molar refractivity (Wildman–Crippen MR) is 76.0 cm³/mol. The monoisotopic (exact) mass is 289 g/mol. The van der Waals surface area contributed by atoms with Crippen LogP contribution in [0, 0.1) is 0 Å². The number of aliphatic hydroxyl groups excluding tert-OH is 1. The number of rotatable bonds is 4. The molecule has 0 aliphatic heterocycles. The standard InChI is InChI=1S/C9H12O3S.C4H11NO/c1-7(2)8-5-3-4-6-9(8)13(10,11)12;1-5(2)3-4-6/h3-7H,1-2H3,(H,10,11,12);6H,3-4H2,1-2H3. The van der Waals surface area contributed by atoms with Crippen LogP contribution in [0.5, 0.6) is 0 Å². The summed E-state index contributed by atoms with van der Waals surface area (Å²) in [4.78, 5) is 1.94. The van der Waals surface area contributed by atoms with Crippen LogP contribution in [0.3, 0.4) is 0 Å². The topological polar surface area (TPSA) is 77.8 Å². The zero-order valence-electron chi connectivity index (χ0n) is 11.9. The Kier molecular flexibility index (Phi) is 7.85. The van der Waals surface area contributed by atoms with Crippen molar-refractivity contribution >= 4 is 10.1 Å². The van der Waals surface area contributed by atoms with Crippen LogP contribution in [0.1, 0.15) is 25.3 Å². The molecule has 0 radical (unpaired) electrons. The van der Waals surface area contributed by atoms with Gasteiger partial charge in [0.25, 0.3) is 10.1 Å². The third kappa shape index (κ3) is 7.27. The normalized spacial score (nSPS) is 11.4. The van der Waals surface area contributed by atoms with Crippen molar-refractivity contribution in [2.75, 3.05) is 27.2 Å². The second-order valence-corrected chi connectivity index (χ2v) is 6.08. The van der Waals surface area contributed by atoms with Crippen molar-refractivity contribution in [1.29, 1.82) is 0 Å². The molecule has 0 aliphatic carbocycles. The molecule has 0 saturated carbocycles. The first-order valence-electron chi connectivity index (χ1n) is 6.02. The van der Waals surface area contributed by atoms with Gasteiger partial charge in [0, 0.05) is 6.54 Å². The third-order valence-electron chi connectivity index (χ3n) is 2.37. The summed E-state index contributed by atoms with van der Waals surface area (Å²) in [6.07, 6.45) is 0. The Morgan fingerprint density at radius 3 is 2.00 bits per heavy atom. The van der Waals surface area contributed by atoms with Gasteiger partial charge in [0.1, 0.15) is 0 Å². The van der Waals surface area contributed by atoms with Gasteiger partial charge in [-0.25, -0.2) is 0 Å². The fraction of sp³-hybridized carbons (Fsp3) is 0.538. The lowest BCUT2D eigenvalue weighted by molar-refractivity contribution is 0.243. The second-order valence-electron chi connectivity index (χ2n) is 4.69. The molecule has 0 atom stereocenters. The molecule has 19 heavy (non-hydrogen) atoms. The maximum atomic E-state index is 10.9. The first-order valence-corrected chi connectivity index (χ1v) is 7.46. The summed E-state index contributed by atoms with van der Waals surface area (Å²) in [5.41, 5.74) is 0.644. The van der Waals surface area contributed by atoms with E-state index in [0.29, 0.717) is 5.56 Å². The fourth-order valence-corrected chi connectivity index (χ4v) is 2.24. The molecule has 0 heterocycles. The Morgan fingerprint density at radius 2 is 1.74 bits per heavy atom. The molecular weight excluding hydrogens is 266 g/mol. The molecule has 0 amide bonds. The summed E-state index contributed by atoms with van der Waals surface area (Å²) in [6, 6.07) is 6.46. The van der Waals surface area contributed by atoms with E-state index in [9.17, 15) is 8.42 Å². The third-order valence-corrected chi connectivity index (χ3v) is 3.29. The highest BCUT2D eigenvalue weighted by atomic mass is 32.2. The molecule has 110 valence electrons. The van der Waals surface area contributed by atoms with Gasteiger partial charge in [-0.05, 0) is 31.6 Å². The summed E-state index contributed by atoms with van der Waals surface area (Å²) < 4.78 is 30.7. The molecule has 1 aromatic rings. The fourth-order valence-electron chi connectivity index (χ4n) is 1.39. The summed E-state index contributed by atoms with van der Waals surface area (Å²) in [6.45, 7) is 4.78. The summed E-state index contributed by atoms with van der Waals surface area (Å²) >= 11 is 0. The van der Waals surface area contributed by atoms with Crippen molar-refractivity contribution in [1.82, 2.24) is 4.90 Å². The van der Waals surface area contributed by atoms with Crippen molar-refractivity contribution < 1.29 is 18.1 Å². The van der Waals surface area contributed by atoms with E-state index in [1.54, 1.807) is 18.2 Å². The van der Waals surface area contributed by atoms with E-state index in [0.717, 1.165) is 6.54 Å². The van der Waals surface area contributed by atoms with Crippen LogP contribution in [0.25, 0.3) is 0 Å². The summed E-state index contributed by atoms with van der Waals surface area (Å²) in [5.74, 6) is 0.0816. The number of hydrogen-bond acceptors (Lipinski definition) is 4. The van der Waals surface area contributed by atoms with Crippen molar-refractivity contribution in [3.8, 4) is 0 Å². The van der Waals surface area contributed by atoms with Crippen LogP contribution in [0.15, 0.2) is 29.2 Å². The molecule has 6 heteroatoms. The molecule has 0 aromatic heterocycles. The molecular formula is C13H23NO4S. The zero-order valence-corrected chi connectivity index (χ0v) is 12.7. The molecule has 0 unspecified atom stereocenters. The molecule has 0 spiro atoms. The average molecular weight is 289 g/mol. The van der Waals surface area contributed by atoms with Crippen LogP contribution in [0.2, 0.25) is 0 Å². The van der Waals surface area contributed by atoms with Gasteiger partial charge in [0.05, 0.1) is 11.5 Å². The summed E-state index contributed by atoms with van der Waals surface area (Å²) in [5, 5.41) is 8.20. The SMILES string of the molecule is CC(C)c1ccccc1S(=O)(=O)O.CN(C)CCO. The summed E-state index contributed by atoms with van der Waals surface area (Å²) in [7, 11) is -0.225. The minimum absolute atomic E-state index is 0.00463. The molecule has 0 aliphatic rings. The van der Waals surface area contributed by atoms with E-state index >= 15 is 0 Å². The average Bonchev–Trinajstić information content (AvgIpc) is 2.28. The van der Waals surface area contributed by atoms with Crippen LogP contribution < -0.4 is 0 Å². The molecule has 2 N–H and O–H groups in total. The van der Waals surface area contributed by atoms with Gasteiger partial charge in [0.2, 0.25) is 0 Å². The quantitative estimate of drug-likeness (QED) is 0.823. The van der Waals surface area contributed by atoms with Crippen LogP contribution in [-0.2, 0) is 10.1 Å². The van der Waals surface area contributed by atoms with E-state index in [1.807, 2.05) is 32.8 Å². The highest BCUT2D eigenvalue weighted by Gasteiger charge is 2.15. The number of aliphatic hydroxyl groups is 1. The lowest BCUT2D eigenvalue weighted by Crippen LogP contribution is -2.15. The Labute approximate surface area is 115 Å². The van der Waals surface area contributed by atoms with E-state index in [2.05, 4.69) is 0 Å². The van der Waals surface area contributed by atoms with E-state index < -0.39 is 10.1 Å². The largest absolute Gasteiger partial charge is 0.395 e. The van der Waals surface area contributed by atoms with Crippen LogP contribution in [0.4, 0.5) is 0 Å². The molecule has 0 fully saturated rings. The molecule has 5 nitrogen and oxygen atoms in total. The Hall–Kier alpha value is -0.950. The first-order chi connectivity index (χ1) is 8.70. The minimum atomic E-state index is -4.08. The molecule has 1 aromatic carbocycles. The van der Waals surface area contributed by atoms with Crippen molar-refractivity contribution in [2.24, 2.45) is 0 Å². The number of likely N-dealkylation sites (N-methyl/N-ethyl adjacent to an activating group) is 1. The van der Waals surface area contributed by atoms with Crippen LogP contribution in [-0.4, -0.2) is 50.2 Å². The smallest absolute Gasteiger partial charge is 0.294 e. The lowest BCUT2D eigenvalue weighted by Gasteiger charge is -2.09. The maximum absolute atomic E-state index is 10.9. The molecule has 0 bridgehead atoms. The van der Waals surface area contributed by atoms with Gasteiger partial charge in [-0.15, -0.1) is 0 Å². The van der Waals surface area contributed by atoms with Crippen molar-refractivity contribution in [3.05, 3.63) is 29.8 Å². The predicted octanol–water partition coefficient (Wildman–Crippen LogP) is 1.60. The highest BCUT2D eigenvalue weighted by molar-refractivity contribution is 7.85. The molecule has 1 rings (SSSR count). The van der Waals surface area contributed by atoms with E-state index in [1.165, 1.54) is 6.07 Å². The highest BCUT2D eigenvalue weighted by Crippen LogP contribution is 2.22. The van der Waals surface area contributed by atoms with Crippen molar-refractivity contribution in [3.63, 3.8) is 0 Å². The number of hydrogen-bond donors (Lipinski definition) is 2. The maximum Gasteiger partial charge on any atom is 0.294 e. The van der Waals surface area contributed by atoms with Crippen molar-refractivity contribution in [2.45, 2.75) is 24.7 Å². The number of nitrogens with zero attached hydrogens (tertiary/aromatic N) is 1. The van der Waals surface area contributed by atoms with E-state index in [-0.39, 0.29) is 17.4 Å². The Morgan fingerprint density at radius 1 is 1.21 bits per heavy atom. The zero-order chi connectivity index (χ0) is 15.1. The van der Waals surface area contributed by atoms with Gasteiger partial charge >= 0.3 is 0 Å². The van der Waals surface area contributed by atoms with Gasteiger partial charge in [-0.1, -0.05) is 32.0 Å². The molecule has 0 saturated heterocycles. The Balaban J connectivity index is 0.000000459. The van der Waals surface area contributed by atoms with Gasteiger partial charge in [-0.3, -0.25) is 4.55 Å². The lowest BCUT2D eigenvalue weighted by atomic mass is 10.0. The van der Waals surface area contributed by atoms with E-state index in [4.69, 9.17) is 9.66 Å². The van der Waals surface area contributed by atoms with Crippen LogP contribution >= 0.6 is 0 Å². The Bertz CT molecular complexity index is 469. The van der Waals surface area contributed by atoms with Gasteiger partial charge < -0.3 is 10.0 Å². The number of benzene rings is 1.